The van der Waals surface area contributed by atoms with Gasteiger partial charge in [0.05, 0.1) is 27.0 Å². The van der Waals surface area contributed by atoms with Gasteiger partial charge in [0.1, 0.15) is 5.69 Å². The molecular weight excluding hydrogens is 352 g/mol. The Labute approximate surface area is 156 Å². The van der Waals surface area contributed by atoms with Crippen molar-refractivity contribution in [1.29, 1.82) is 0 Å². The average Bonchev–Trinajstić information content (AvgIpc) is 2.65. The van der Waals surface area contributed by atoms with E-state index < -0.39 is 11.6 Å². The number of hydrogen-bond donors (Lipinski definition) is 2. The Morgan fingerprint density at radius 2 is 1.93 bits per heavy atom. The number of nitrogens with zero attached hydrogens (tertiary/aromatic N) is 2. The molecule has 2 rings (SSSR count). The van der Waals surface area contributed by atoms with Crippen molar-refractivity contribution in [2.75, 3.05) is 20.8 Å². The molecule has 1 heterocycles. The standard InChI is InChI=1S/C18H22N4O5/c1-5-6-27-16-14(25-3)8-12(9-15(16)26-4)10-19-22-17(23)13-7-11(2)20-18(24)21-13/h7-10H,5-6H2,1-4H3,(H,22,23)(H,20,21,24)/b19-10+. The van der Waals surface area contributed by atoms with Crippen molar-refractivity contribution < 1.29 is 19.0 Å². The third-order valence-corrected chi connectivity index (χ3v) is 3.43. The maximum atomic E-state index is 12.0. The van der Waals surface area contributed by atoms with E-state index >= 15 is 0 Å². The Bertz CT molecular complexity index is 867. The number of carbonyl (C=O) groups excluding carboxylic acids is 1. The van der Waals surface area contributed by atoms with Gasteiger partial charge in [-0.25, -0.2) is 10.2 Å². The number of H-pyrrole nitrogens is 1. The van der Waals surface area contributed by atoms with E-state index in [0.29, 0.717) is 35.1 Å². The van der Waals surface area contributed by atoms with Crippen LogP contribution in [0, 0.1) is 6.92 Å². The van der Waals surface area contributed by atoms with Gasteiger partial charge in [-0.05, 0) is 31.5 Å². The van der Waals surface area contributed by atoms with Crippen LogP contribution in [0.4, 0.5) is 0 Å². The van der Waals surface area contributed by atoms with Gasteiger partial charge in [-0.2, -0.15) is 10.1 Å². The highest BCUT2D eigenvalue weighted by Crippen LogP contribution is 2.38. The fourth-order valence-electron chi connectivity index (χ4n) is 2.24. The molecular formula is C18H22N4O5. The fraction of sp³-hybridized carbons (Fsp3) is 0.333. The SMILES string of the molecule is CCCOc1c(OC)cc(/C=N/NC(=O)c2cc(C)[nH]c(=O)n2)cc1OC. The molecule has 1 amide bonds. The average molecular weight is 374 g/mol. The molecule has 0 spiro atoms. The van der Waals surface area contributed by atoms with E-state index in [-0.39, 0.29) is 5.69 Å². The fourth-order valence-corrected chi connectivity index (χ4v) is 2.24. The van der Waals surface area contributed by atoms with Crippen LogP contribution in [0.1, 0.15) is 35.1 Å². The Hall–Kier alpha value is -3.36. The Morgan fingerprint density at radius 3 is 2.48 bits per heavy atom. The lowest BCUT2D eigenvalue weighted by molar-refractivity contribution is 0.0949. The Balaban J connectivity index is 2.18. The van der Waals surface area contributed by atoms with E-state index in [1.165, 1.54) is 26.5 Å². The quantitative estimate of drug-likeness (QED) is 0.536. The van der Waals surface area contributed by atoms with Crippen LogP contribution in [0.15, 0.2) is 28.1 Å². The van der Waals surface area contributed by atoms with Crippen molar-refractivity contribution in [2.24, 2.45) is 5.10 Å². The minimum Gasteiger partial charge on any atom is -0.493 e. The summed E-state index contributed by atoms with van der Waals surface area (Å²) < 4.78 is 16.4. The van der Waals surface area contributed by atoms with E-state index in [9.17, 15) is 9.59 Å². The van der Waals surface area contributed by atoms with Gasteiger partial charge in [0.15, 0.2) is 11.5 Å². The zero-order chi connectivity index (χ0) is 19.8. The summed E-state index contributed by atoms with van der Waals surface area (Å²) in [6, 6.07) is 4.87. The van der Waals surface area contributed by atoms with Crippen LogP contribution in [0.3, 0.4) is 0 Å². The summed E-state index contributed by atoms with van der Waals surface area (Å²) in [6.07, 6.45) is 2.27. The number of aryl methyl sites for hydroxylation is 1. The van der Waals surface area contributed by atoms with Gasteiger partial charge in [0.2, 0.25) is 5.75 Å². The molecule has 0 saturated carbocycles. The highest BCUT2D eigenvalue weighted by atomic mass is 16.5. The number of amides is 1. The number of aromatic amines is 1. The molecule has 0 unspecified atom stereocenters. The maximum Gasteiger partial charge on any atom is 0.345 e. The molecule has 0 bridgehead atoms. The number of nitrogens with one attached hydrogen (secondary N) is 2. The van der Waals surface area contributed by atoms with Crippen LogP contribution in [0.25, 0.3) is 0 Å². The number of rotatable bonds is 8. The van der Waals surface area contributed by atoms with E-state index in [2.05, 4.69) is 20.5 Å². The van der Waals surface area contributed by atoms with Crippen molar-refractivity contribution in [3.8, 4) is 17.2 Å². The summed E-state index contributed by atoms with van der Waals surface area (Å²) in [4.78, 5) is 29.5. The van der Waals surface area contributed by atoms with Gasteiger partial charge in [0, 0.05) is 11.3 Å². The van der Waals surface area contributed by atoms with Crippen LogP contribution >= 0.6 is 0 Å². The first-order valence-electron chi connectivity index (χ1n) is 8.28. The second-order valence-corrected chi connectivity index (χ2v) is 5.56. The minimum atomic E-state index is -0.596. The molecule has 1 aromatic heterocycles. The maximum absolute atomic E-state index is 12.0. The van der Waals surface area contributed by atoms with Crippen LogP contribution in [0.5, 0.6) is 17.2 Å². The molecule has 2 aromatic rings. The molecule has 0 atom stereocenters. The van der Waals surface area contributed by atoms with E-state index in [1.54, 1.807) is 19.1 Å². The van der Waals surface area contributed by atoms with Gasteiger partial charge in [-0.3, -0.25) is 4.79 Å². The molecule has 27 heavy (non-hydrogen) atoms. The highest BCUT2D eigenvalue weighted by molar-refractivity contribution is 5.93. The number of hydrogen-bond acceptors (Lipinski definition) is 7. The lowest BCUT2D eigenvalue weighted by Gasteiger charge is -2.14. The number of aromatic nitrogens is 2. The van der Waals surface area contributed by atoms with Gasteiger partial charge in [-0.1, -0.05) is 6.92 Å². The summed E-state index contributed by atoms with van der Waals surface area (Å²) in [5, 5.41) is 3.89. The lowest BCUT2D eigenvalue weighted by Crippen LogP contribution is -2.24. The largest absolute Gasteiger partial charge is 0.493 e. The Kier molecular flexibility index (Phi) is 6.93. The van der Waals surface area contributed by atoms with Gasteiger partial charge in [0.25, 0.3) is 5.91 Å². The molecule has 0 saturated heterocycles. The zero-order valence-corrected chi connectivity index (χ0v) is 15.7. The first kappa shape index (κ1) is 20.0. The third kappa shape index (κ3) is 5.30. The predicted molar refractivity (Wildman–Crippen MR) is 100.0 cm³/mol. The first-order chi connectivity index (χ1) is 13.0. The minimum absolute atomic E-state index is 0.0214. The second kappa shape index (κ2) is 9.37. The van der Waals surface area contributed by atoms with Crippen LogP contribution in [-0.4, -0.2) is 42.9 Å². The van der Waals surface area contributed by atoms with E-state index in [4.69, 9.17) is 14.2 Å². The molecule has 0 aliphatic heterocycles. The number of methoxy groups -OCH3 is 2. The monoisotopic (exact) mass is 374 g/mol. The number of hydrazone groups is 1. The van der Waals surface area contributed by atoms with Gasteiger partial charge in [-0.15, -0.1) is 0 Å². The van der Waals surface area contributed by atoms with Gasteiger partial charge >= 0.3 is 5.69 Å². The molecule has 0 radical (unpaired) electrons. The molecule has 9 heteroatoms. The second-order valence-electron chi connectivity index (χ2n) is 5.56. The van der Waals surface area contributed by atoms with Gasteiger partial charge < -0.3 is 19.2 Å². The Morgan fingerprint density at radius 1 is 1.26 bits per heavy atom. The van der Waals surface area contributed by atoms with Crippen LogP contribution in [-0.2, 0) is 0 Å². The molecule has 0 fully saturated rings. The van der Waals surface area contributed by atoms with Crippen LogP contribution in [0.2, 0.25) is 0 Å². The summed E-state index contributed by atoms with van der Waals surface area (Å²) in [7, 11) is 3.05. The molecule has 2 N–H and O–H groups in total. The zero-order valence-electron chi connectivity index (χ0n) is 15.7. The molecule has 1 aromatic carbocycles. The number of ether oxygens (including phenoxy) is 3. The molecule has 0 aliphatic rings. The topological polar surface area (TPSA) is 115 Å². The van der Waals surface area contributed by atoms with Crippen molar-refractivity contribution in [2.45, 2.75) is 20.3 Å². The summed E-state index contributed by atoms with van der Waals surface area (Å²) in [5.74, 6) is 0.887. The molecule has 0 aliphatic carbocycles. The summed E-state index contributed by atoms with van der Waals surface area (Å²) >= 11 is 0. The number of benzene rings is 1. The molecule has 144 valence electrons. The van der Waals surface area contributed by atoms with E-state index in [1.807, 2.05) is 6.92 Å². The summed E-state index contributed by atoms with van der Waals surface area (Å²) in [6.45, 7) is 4.18. The van der Waals surface area contributed by atoms with Crippen molar-refractivity contribution in [3.63, 3.8) is 0 Å². The predicted octanol–water partition coefficient (Wildman–Crippen LogP) is 1.65. The normalized spacial score (nSPS) is 10.7. The third-order valence-electron chi connectivity index (χ3n) is 3.43. The van der Waals surface area contributed by atoms with Crippen LogP contribution < -0.4 is 25.3 Å². The number of carbonyl (C=O) groups is 1. The lowest BCUT2D eigenvalue weighted by atomic mass is 10.2. The molecule has 9 nitrogen and oxygen atoms in total. The van der Waals surface area contributed by atoms with E-state index in [0.717, 1.165) is 6.42 Å². The smallest absolute Gasteiger partial charge is 0.345 e. The van der Waals surface area contributed by atoms with Crippen molar-refractivity contribution in [1.82, 2.24) is 15.4 Å². The summed E-state index contributed by atoms with van der Waals surface area (Å²) in [5.41, 5.74) is 2.87. The first-order valence-corrected chi connectivity index (χ1v) is 8.28. The van der Waals surface area contributed by atoms with Crippen molar-refractivity contribution >= 4 is 12.1 Å². The van der Waals surface area contributed by atoms with Crippen molar-refractivity contribution in [3.05, 3.63) is 45.6 Å². The highest BCUT2D eigenvalue weighted by Gasteiger charge is 2.14.